The molecule has 0 aliphatic carbocycles. The molecule has 18 heteroatoms. The number of fused-ring (bicyclic) bond motifs is 2. The molecule has 3 aromatic heterocycles. The zero-order valence-electron chi connectivity index (χ0n) is 19.6. The lowest BCUT2D eigenvalue weighted by atomic mass is 10.0. The number of nitrogens with zero attached hydrogens (tertiary/aromatic N) is 6. The number of aliphatic carboxylic acids is 1. The van der Waals surface area contributed by atoms with Crippen molar-refractivity contribution in [1.82, 2.24) is 24.0 Å². The molecule has 0 unspecified atom stereocenters. The maximum Gasteiger partial charge on any atom is 0.352 e. The van der Waals surface area contributed by atoms with Crippen LogP contribution < -0.4 is 15.6 Å². The van der Waals surface area contributed by atoms with Crippen LogP contribution in [0.3, 0.4) is 0 Å². The first-order chi connectivity index (χ1) is 18.3. The molecule has 2 aliphatic heterocycles. The van der Waals surface area contributed by atoms with E-state index >= 15 is 0 Å². The van der Waals surface area contributed by atoms with E-state index in [1.165, 1.54) is 28.0 Å². The highest BCUT2D eigenvalue weighted by atomic mass is 32.2. The van der Waals surface area contributed by atoms with Crippen molar-refractivity contribution in [1.29, 1.82) is 0 Å². The van der Waals surface area contributed by atoms with E-state index < -0.39 is 41.8 Å². The van der Waals surface area contributed by atoms with Crippen molar-refractivity contribution < 1.29 is 38.0 Å². The second-order valence-corrected chi connectivity index (χ2v) is 10.8. The molecule has 0 spiro atoms. The summed E-state index contributed by atoms with van der Waals surface area (Å²) in [4.78, 5) is 48.4. The highest BCUT2D eigenvalue weighted by Gasteiger charge is 2.54. The van der Waals surface area contributed by atoms with Crippen molar-refractivity contribution in [2.45, 2.75) is 24.6 Å². The molecule has 0 aromatic carbocycles. The van der Waals surface area contributed by atoms with Crippen molar-refractivity contribution in [2.24, 2.45) is 5.16 Å². The van der Waals surface area contributed by atoms with Gasteiger partial charge in [0, 0.05) is 35.3 Å². The molecular formula is C20H20FN8O6S3+. The number of amides is 2. The van der Waals surface area contributed by atoms with Gasteiger partial charge in [-0.2, -0.15) is 13.8 Å². The van der Waals surface area contributed by atoms with Crippen molar-refractivity contribution in [3.63, 3.8) is 0 Å². The number of imidazole rings is 1. The van der Waals surface area contributed by atoms with Crippen molar-refractivity contribution in [2.75, 3.05) is 25.5 Å². The van der Waals surface area contributed by atoms with E-state index in [1.54, 1.807) is 7.11 Å². The van der Waals surface area contributed by atoms with Gasteiger partial charge in [-0.25, -0.2) is 13.8 Å². The third-order valence-electron chi connectivity index (χ3n) is 5.68. The molecule has 0 radical (unpaired) electrons. The van der Waals surface area contributed by atoms with E-state index in [0.29, 0.717) is 17.9 Å². The number of aromatic nitrogens is 4. The van der Waals surface area contributed by atoms with Gasteiger partial charge in [-0.1, -0.05) is 16.5 Å². The van der Waals surface area contributed by atoms with E-state index in [9.17, 15) is 23.9 Å². The predicted octanol–water partition coefficient (Wildman–Crippen LogP) is -0.0451. The van der Waals surface area contributed by atoms with Gasteiger partial charge in [-0.15, -0.1) is 11.8 Å². The third kappa shape index (κ3) is 4.70. The zero-order valence-corrected chi connectivity index (χ0v) is 22.0. The number of hydrogen-bond donors (Lipinski definition) is 3. The van der Waals surface area contributed by atoms with Gasteiger partial charge in [0.2, 0.25) is 22.7 Å². The number of thiazole rings is 1. The lowest BCUT2D eigenvalue weighted by molar-refractivity contribution is -0.687. The first kappa shape index (κ1) is 26.0. The van der Waals surface area contributed by atoms with Gasteiger partial charge >= 0.3 is 5.97 Å². The molecule has 2 atom stereocenters. The third-order valence-corrected chi connectivity index (χ3v) is 8.49. The molecule has 1 saturated heterocycles. The summed E-state index contributed by atoms with van der Waals surface area (Å²) in [5.74, 6) is -2.61. The molecule has 3 aromatic rings. The maximum atomic E-state index is 13.0. The molecule has 5 rings (SSSR count). The fourth-order valence-electron chi connectivity index (χ4n) is 4.11. The highest BCUT2D eigenvalue weighted by molar-refractivity contribution is 8.00. The number of hydrogen-bond acceptors (Lipinski definition) is 12. The molecule has 0 saturated carbocycles. The number of carbonyl (C=O) groups is 3. The van der Waals surface area contributed by atoms with Crippen LogP contribution in [0, 0.1) is 0 Å². The first-order valence-corrected chi connectivity index (χ1v) is 13.5. The number of thioether (sulfide) groups is 1. The summed E-state index contributed by atoms with van der Waals surface area (Å²) in [7, 11) is 1.61. The molecule has 200 valence electrons. The molecular weight excluding hydrogens is 563 g/mol. The Morgan fingerprint density at radius 2 is 2.26 bits per heavy atom. The molecule has 2 aliphatic rings. The summed E-state index contributed by atoms with van der Waals surface area (Å²) in [6, 6.07) is -1.04. The summed E-state index contributed by atoms with van der Waals surface area (Å²) < 4.78 is 25.4. The fraction of sp³-hybridized carbons (Fsp3) is 0.350. The number of oxime groups is 1. The number of ether oxygens (including phenoxy) is 1. The van der Waals surface area contributed by atoms with Crippen LogP contribution in [0.5, 0.6) is 0 Å². The first-order valence-electron chi connectivity index (χ1n) is 10.8. The number of methoxy groups -OCH3 is 1. The van der Waals surface area contributed by atoms with Crippen LogP contribution in [0.2, 0.25) is 0 Å². The minimum absolute atomic E-state index is 0.0501. The maximum absolute atomic E-state index is 13.0. The number of β-lactam (4-membered cyclic amide) rings is 1. The van der Waals surface area contributed by atoms with Gasteiger partial charge in [0.25, 0.3) is 18.7 Å². The van der Waals surface area contributed by atoms with Crippen molar-refractivity contribution in [3.8, 4) is 0 Å². The topological polar surface area (TPSA) is 178 Å². The van der Waals surface area contributed by atoms with Gasteiger partial charge in [-0.3, -0.25) is 14.5 Å². The number of rotatable bonds is 10. The second kappa shape index (κ2) is 10.6. The average molecular weight is 584 g/mol. The summed E-state index contributed by atoms with van der Waals surface area (Å²) in [5.41, 5.74) is 6.48. The summed E-state index contributed by atoms with van der Waals surface area (Å²) in [6.45, 7) is -0.605. The molecule has 38 heavy (non-hydrogen) atoms. The Hall–Kier alpha value is -3.61. The van der Waals surface area contributed by atoms with Gasteiger partial charge in [0.15, 0.2) is 5.13 Å². The Balaban J connectivity index is 1.34. The summed E-state index contributed by atoms with van der Waals surface area (Å²) >= 11 is 3.65. The number of anilines is 1. The van der Waals surface area contributed by atoms with Crippen LogP contribution in [-0.4, -0.2) is 78.4 Å². The monoisotopic (exact) mass is 583 g/mol. The van der Waals surface area contributed by atoms with Crippen molar-refractivity contribution in [3.05, 3.63) is 40.7 Å². The molecule has 2 amide bonds. The molecule has 5 heterocycles. The van der Waals surface area contributed by atoms with E-state index in [0.717, 1.165) is 22.1 Å². The van der Waals surface area contributed by atoms with Crippen LogP contribution >= 0.6 is 34.6 Å². The Morgan fingerprint density at radius 1 is 1.45 bits per heavy atom. The Morgan fingerprint density at radius 3 is 2.95 bits per heavy atom. The SMILES string of the molecule is COCc1csc2c[n+](CC3=C(C(=O)O)N4C(=O)[C@@H](NC(=O)/C(=N\OCF)c5nsc(N)n5)[C@H]4SC3)cn12. The number of halogens is 1. The van der Waals surface area contributed by atoms with Crippen LogP contribution in [-0.2, 0) is 37.1 Å². The lowest BCUT2D eigenvalue weighted by Gasteiger charge is -2.49. The van der Waals surface area contributed by atoms with E-state index in [2.05, 4.69) is 24.7 Å². The van der Waals surface area contributed by atoms with Gasteiger partial charge < -0.3 is 25.7 Å². The number of carbonyl (C=O) groups excluding carboxylic acids is 2. The quantitative estimate of drug-likeness (QED) is 0.127. The van der Waals surface area contributed by atoms with Gasteiger partial charge in [0.05, 0.1) is 0 Å². The number of nitrogen functional groups attached to an aromatic ring is 1. The van der Waals surface area contributed by atoms with Crippen LogP contribution in [0.25, 0.3) is 4.83 Å². The molecule has 14 nitrogen and oxygen atoms in total. The predicted molar refractivity (Wildman–Crippen MR) is 134 cm³/mol. The fourth-order valence-corrected chi connectivity index (χ4v) is 6.79. The van der Waals surface area contributed by atoms with Crippen LogP contribution in [0.1, 0.15) is 11.5 Å². The van der Waals surface area contributed by atoms with Crippen molar-refractivity contribution >= 4 is 68.1 Å². The number of nitrogens with two attached hydrogens (primary N) is 1. The number of alkyl halides is 1. The van der Waals surface area contributed by atoms with E-state index in [1.807, 2.05) is 26.9 Å². The van der Waals surface area contributed by atoms with Crippen LogP contribution in [0.4, 0.5) is 9.52 Å². The molecule has 0 bridgehead atoms. The normalized spacial score (nSPS) is 19.5. The zero-order chi connectivity index (χ0) is 27.0. The van der Waals surface area contributed by atoms with Gasteiger partial charge in [-0.05, 0) is 0 Å². The molecule has 1 fully saturated rings. The Labute approximate surface area is 225 Å². The van der Waals surface area contributed by atoms with E-state index in [4.69, 9.17) is 10.5 Å². The Bertz CT molecular complexity index is 1480. The number of nitrogens with one attached hydrogen (secondary N) is 1. The summed E-state index contributed by atoms with van der Waals surface area (Å²) in [6.07, 6.45) is 3.75. The average Bonchev–Trinajstić information content (AvgIpc) is 3.59. The van der Waals surface area contributed by atoms with Crippen LogP contribution in [0.15, 0.2) is 34.3 Å². The minimum atomic E-state index is -1.30. The molecule has 4 N–H and O–H groups in total. The minimum Gasteiger partial charge on any atom is -0.477 e. The largest absolute Gasteiger partial charge is 0.477 e. The number of carboxylic acids is 1. The Kier molecular flexibility index (Phi) is 7.28. The number of carboxylic acid groups (broad SMARTS) is 1. The van der Waals surface area contributed by atoms with Gasteiger partial charge in [0.1, 0.15) is 42.2 Å². The second-order valence-electron chi connectivity index (χ2n) is 8.04. The highest BCUT2D eigenvalue weighted by Crippen LogP contribution is 2.40. The smallest absolute Gasteiger partial charge is 0.352 e. The standard InChI is InChI=1S/C20H19FN8O6S3/c1-34-4-10-6-36-11-3-27(8-28(10)11)2-9-5-37-18-13(17(31)29(18)14(9)19(32)33)23-16(30)12(25-35-7-21)15-24-20(22)38-26-15/h3,6,8,13,18H,2,4-5,7H2,1H3,(H3-,22,23,24,26,30,32,33)/p+1/b25-12-/t13-,18-/m1/s1. The van der Waals surface area contributed by atoms with E-state index in [-0.39, 0.29) is 23.2 Å². The lowest BCUT2D eigenvalue weighted by Crippen LogP contribution is -2.71. The summed E-state index contributed by atoms with van der Waals surface area (Å²) in [5, 5.41) is 17.3.